The molecule has 0 aliphatic rings. The van der Waals surface area contributed by atoms with Crippen LogP contribution in [0.3, 0.4) is 0 Å². The molecule has 1 rings (SSSR count). The molecule has 0 unspecified atom stereocenters. The number of carboxylic acids is 1. The summed E-state index contributed by atoms with van der Waals surface area (Å²) in [5.41, 5.74) is 3.11. The minimum Gasteiger partial charge on any atom is -0.481 e. The fraction of sp³-hybridized carbons (Fsp3) is 0.583. The highest BCUT2D eigenvalue weighted by molar-refractivity contribution is 5.73. The molecule has 0 amide bonds. The molecule has 0 aliphatic carbocycles. The van der Waals surface area contributed by atoms with Crippen LogP contribution in [0, 0.1) is 5.41 Å². The SMILES string of the molecule is CCCn1cc(N)c(=O)n(CC(C)(C)C(=O)O)c1=O. The molecule has 0 fully saturated rings. The average Bonchev–Trinajstić information content (AvgIpc) is 2.31. The van der Waals surface area contributed by atoms with Crippen molar-refractivity contribution in [2.75, 3.05) is 5.73 Å². The number of carbonyl (C=O) groups is 1. The number of aromatic nitrogens is 2. The van der Waals surface area contributed by atoms with Crippen LogP contribution in [0.1, 0.15) is 27.2 Å². The summed E-state index contributed by atoms with van der Waals surface area (Å²) >= 11 is 0. The molecule has 0 aliphatic heterocycles. The van der Waals surface area contributed by atoms with E-state index >= 15 is 0 Å². The zero-order chi connectivity index (χ0) is 14.8. The van der Waals surface area contributed by atoms with E-state index in [-0.39, 0.29) is 12.2 Å². The van der Waals surface area contributed by atoms with Gasteiger partial charge < -0.3 is 10.8 Å². The Bertz CT molecular complexity index is 598. The molecule has 19 heavy (non-hydrogen) atoms. The number of nitrogens with zero attached hydrogens (tertiary/aromatic N) is 2. The standard InChI is InChI=1S/C12H19N3O4/c1-4-5-14-6-8(13)9(16)15(11(14)19)7-12(2,3)10(17)18/h6H,4-5,7,13H2,1-3H3,(H,17,18). The maximum atomic E-state index is 12.1. The number of aryl methyl sites for hydroxylation is 1. The Labute approximate surface area is 110 Å². The van der Waals surface area contributed by atoms with Gasteiger partial charge in [-0.25, -0.2) is 4.79 Å². The van der Waals surface area contributed by atoms with Crippen LogP contribution in [0.2, 0.25) is 0 Å². The lowest BCUT2D eigenvalue weighted by atomic mass is 9.94. The molecule has 0 radical (unpaired) electrons. The molecule has 0 bridgehead atoms. The van der Waals surface area contributed by atoms with Crippen LogP contribution in [0.4, 0.5) is 5.69 Å². The Morgan fingerprint density at radius 3 is 2.47 bits per heavy atom. The lowest BCUT2D eigenvalue weighted by molar-refractivity contribution is -0.147. The first-order valence-electron chi connectivity index (χ1n) is 6.04. The van der Waals surface area contributed by atoms with E-state index in [4.69, 9.17) is 10.8 Å². The summed E-state index contributed by atoms with van der Waals surface area (Å²) in [5.74, 6) is -1.08. The van der Waals surface area contributed by atoms with Gasteiger partial charge in [0.2, 0.25) is 0 Å². The van der Waals surface area contributed by atoms with Crippen molar-refractivity contribution in [3.63, 3.8) is 0 Å². The van der Waals surface area contributed by atoms with E-state index < -0.39 is 22.6 Å². The average molecular weight is 269 g/mol. The summed E-state index contributed by atoms with van der Waals surface area (Å²) in [4.78, 5) is 35.1. The summed E-state index contributed by atoms with van der Waals surface area (Å²) in [5, 5.41) is 9.07. The molecular formula is C12H19N3O4. The number of anilines is 1. The highest BCUT2D eigenvalue weighted by Crippen LogP contribution is 2.16. The van der Waals surface area contributed by atoms with E-state index in [1.54, 1.807) is 0 Å². The normalized spacial score (nSPS) is 11.5. The summed E-state index contributed by atoms with van der Waals surface area (Å²) in [7, 11) is 0. The minimum atomic E-state index is -1.22. The van der Waals surface area contributed by atoms with Gasteiger partial charge in [0.25, 0.3) is 5.56 Å². The van der Waals surface area contributed by atoms with E-state index in [1.165, 1.54) is 24.6 Å². The largest absolute Gasteiger partial charge is 0.481 e. The van der Waals surface area contributed by atoms with Crippen LogP contribution < -0.4 is 17.0 Å². The van der Waals surface area contributed by atoms with Crippen LogP contribution in [-0.2, 0) is 17.9 Å². The Kier molecular flexibility index (Phi) is 4.18. The highest BCUT2D eigenvalue weighted by Gasteiger charge is 2.29. The first-order chi connectivity index (χ1) is 8.70. The molecule has 0 spiro atoms. The second-order valence-corrected chi connectivity index (χ2v) is 5.14. The van der Waals surface area contributed by atoms with E-state index in [1.807, 2.05) is 6.92 Å². The van der Waals surface area contributed by atoms with Gasteiger partial charge >= 0.3 is 11.7 Å². The molecule has 3 N–H and O–H groups in total. The van der Waals surface area contributed by atoms with E-state index in [9.17, 15) is 14.4 Å². The Morgan fingerprint density at radius 1 is 1.42 bits per heavy atom. The quantitative estimate of drug-likeness (QED) is 0.789. The Morgan fingerprint density at radius 2 is 2.00 bits per heavy atom. The lowest BCUT2D eigenvalue weighted by Gasteiger charge is -2.20. The van der Waals surface area contributed by atoms with Crippen LogP contribution in [0.15, 0.2) is 15.8 Å². The van der Waals surface area contributed by atoms with Crippen molar-refractivity contribution in [1.82, 2.24) is 9.13 Å². The fourth-order valence-electron chi connectivity index (χ4n) is 1.68. The molecule has 0 atom stereocenters. The second kappa shape index (κ2) is 5.29. The second-order valence-electron chi connectivity index (χ2n) is 5.14. The van der Waals surface area contributed by atoms with Gasteiger partial charge in [-0.1, -0.05) is 6.92 Å². The van der Waals surface area contributed by atoms with Crippen molar-refractivity contribution in [1.29, 1.82) is 0 Å². The van der Waals surface area contributed by atoms with Crippen molar-refractivity contribution >= 4 is 11.7 Å². The highest BCUT2D eigenvalue weighted by atomic mass is 16.4. The van der Waals surface area contributed by atoms with Crippen molar-refractivity contribution in [2.45, 2.75) is 40.3 Å². The first kappa shape index (κ1) is 15.0. The number of hydrogen-bond acceptors (Lipinski definition) is 4. The van der Waals surface area contributed by atoms with Crippen LogP contribution in [0.5, 0.6) is 0 Å². The third-order valence-electron chi connectivity index (χ3n) is 2.86. The van der Waals surface area contributed by atoms with Gasteiger partial charge in [-0.3, -0.25) is 18.7 Å². The zero-order valence-electron chi connectivity index (χ0n) is 11.3. The molecule has 7 heteroatoms. The summed E-state index contributed by atoms with van der Waals surface area (Å²) in [6.45, 7) is 5.01. The predicted octanol–water partition coefficient (Wildman–Crippen LogP) is 0.113. The molecule has 0 saturated heterocycles. The molecule has 1 heterocycles. The van der Waals surface area contributed by atoms with Crippen molar-refractivity contribution < 1.29 is 9.90 Å². The molecule has 1 aromatic rings. The number of nitrogen functional groups attached to an aromatic ring is 1. The molecule has 1 aromatic heterocycles. The van der Waals surface area contributed by atoms with Gasteiger partial charge in [-0.15, -0.1) is 0 Å². The number of carboxylic acid groups (broad SMARTS) is 1. The van der Waals surface area contributed by atoms with E-state index in [2.05, 4.69) is 0 Å². The van der Waals surface area contributed by atoms with Gasteiger partial charge in [0.1, 0.15) is 5.69 Å². The fourth-order valence-corrected chi connectivity index (χ4v) is 1.68. The third-order valence-corrected chi connectivity index (χ3v) is 2.86. The van der Waals surface area contributed by atoms with E-state index in [0.717, 1.165) is 4.57 Å². The summed E-state index contributed by atoms with van der Waals surface area (Å²) < 4.78 is 2.22. The Balaban J connectivity index is 3.39. The molecule has 7 nitrogen and oxygen atoms in total. The predicted molar refractivity (Wildman–Crippen MR) is 71.1 cm³/mol. The lowest BCUT2D eigenvalue weighted by Crippen LogP contribution is -2.45. The van der Waals surface area contributed by atoms with Crippen LogP contribution >= 0.6 is 0 Å². The monoisotopic (exact) mass is 269 g/mol. The number of nitrogens with two attached hydrogens (primary N) is 1. The zero-order valence-corrected chi connectivity index (χ0v) is 11.3. The molecule has 0 saturated carbocycles. The van der Waals surface area contributed by atoms with Gasteiger partial charge in [-0.05, 0) is 20.3 Å². The van der Waals surface area contributed by atoms with Crippen molar-refractivity contribution in [3.8, 4) is 0 Å². The summed E-state index contributed by atoms with van der Waals surface area (Å²) in [6.07, 6.45) is 2.01. The van der Waals surface area contributed by atoms with Gasteiger partial charge in [0.05, 0.1) is 5.41 Å². The van der Waals surface area contributed by atoms with Crippen molar-refractivity contribution in [2.24, 2.45) is 5.41 Å². The molecule has 0 aromatic carbocycles. The van der Waals surface area contributed by atoms with Crippen LogP contribution in [-0.4, -0.2) is 20.2 Å². The number of aliphatic carboxylic acids is 1. The number of hydrogen-bond donors (Lipinski definition) is 2. The smallest absolute Gasteiger partial charge is 0.331 e. The van der Waals surface area contributed by atoms with Gasteiger partial charge in [0, 0.05) is 19.3 Å². The Hall–Kier alpha value is -2.05. The maximum Gasteiger partial charge on any atom is 0.331 e. The van der Waals surface area contributed by atoms with Crippen LogP contribution in [0.25, 0.3) is 0 Å². The topological polar surface area (TPSA) is 107 Å². The van der Waals surface area contributed by atoms with E-state index in [0.29, 0.717) is 13.0 Å². The summed E-state index contributed by atoms with van der Waals surface area (Å²) in [6, 6.07) is 0. The van der Waals surface area contributed by atoms with Gasteiger partial charge in [-0.2, -0.15) is 0 Å². The number of rotatable bonds is 5. The molecule has 106 valence electrons. The minimum absolute atomic E-state index is 0.0609. The third kappa shape index (κ3) is 3.04. The molecular weight excluding hydrogens is 250 g/mol. The first-order valence-corrected chi connectivity index (χ1v) is 6.04. The maximum absolute atomic E-state index is 12.1. The van der Waals surface area contributed by atoms with Gasteiger partial charge in [0.15, 0.2) is 0 Å². The van der Waals surface area contributed by atoms with Crippen molar-refractivity contribution in [3.05, 3.63) is 27.0 Å².